The van der Waals surface area contributed by atoms with Crippen molar-refractivity contribution in [2.75, 3.05) is 11.9 Å². The lowest BCUT2D eigenvalue weighted by atomic mass is 10.1. The Labute approximate surface area is 121 Å². The molecule has 1 N–H and O–H groups in total. The standard InChI is InChI=1S/C16H14FNO3/c1-10-7-12(9-13(17)8-10)15(19)18(2)14-5-3-11(4-6-14)16(20)21/h3-9H,1-2H3,(H,20,21). The van der Waals surface area contributed by atoms with Gasteiger partial charge in [0.05, 0.1) is 5.56 Å². The Hall–Kier alpha value is -2.69. The molecule has 0 atom stereocenters. The molecule has 0 aliphatic carbocycles. The summed E-state index contributed by atoms with van der Waals surface area (Å²) in [5.74, 6) is -1.86. The van der Waals surface area contributed by atoms with Crippen molar-refractivity contribution in [1.82, 2.24) is 0 Å². The number of aromatic carboxylic acids is 1. The van der Waals surface area contributed by atoms with Crippen LogP contribution in [0.3, 0.4) is 0 Å². The van der Waals surface area contributed by atoms with Gasteiger partial charge in [0.15, 0.2) is 0 Å². The Kier molecular flexibility index (Phi) is 4.03. The molecule has 0 saturated heterocycles. The summed E-state index contributed by atoms with van der Waals surface area (Å²) < 4.78 is 13.4. The number of hydrogen-bond acceptors (Lipinski definition) is 2. The summed E-state index contributed by atoms with van der Waals surface area (Å²) in [7, 11) is 1.55. The molecule has 4 nitrogen and oxygen atoms in total. The van der Waals surface area contributed by atoms with Crippen LogP contribution in [-0.2, 0) is 0 Å². The molecule has 0 heterocycles. The van der Waals surface area contributed by atoms with Crippen LogP contribution in [0.4, 0.5) is 10.1 Å². The van der Waals surface area contributed by atoms with Crippen molar-refractivity contribution in [3.63, 3.8) is 0 Å². The van der Waals surface area contributed by atoms with Gasteiger partial charge < -0.3 is 10.0 Å². The zero-order valence-corrected chi connectivity index (χ0v) is 11.6. The van der Waals surface area contributed by atoms with Gasteiger partial charge in [-0.25, -0.2) is 9.18 Å². The molecule has 0 bridgehead atoms. The highest BCUT2D eigenvalue weighted by Gasteiger charge is 2.15. The molecule has 2 aromatic rings. The summed E-state index contributed by atoms with van der Waals surface area (Å²) in [4.78, 5) is 24.4. The van der Waals surface area contributed by atoms with E-state index in [4.69, 9.17) is 5.11 Å². The number of anilines is 1. The van der Waals surface area contributed by atoms with Gasteiger partial charge in [-0.1, -0.05) is 0 Å². The molecule has 0 spiro atoms. The number of halogens is 1. The van der Waals surface area contributed by atoms with Crippen LogP contribution < -0.4 is 4.90 Å². The van der Waals surface area contributed by atoms with Crippen LogP contribution >= 0.6 is 0 Å². The molecule has 0 unspecified atom stereocenters. The molecule has 0 radical (unpaired) electrons. The number of carboxylic acids is 1. The first-order valence-electron chi connectivity index (χ1n) is 6.27. The Morgan fingerprint density at radius 2 is 1.67 bits per heavy atom. The minimum atomic E-state index is -1.03. The van der Waals surface area contributed by atoms with Gasteiger partial charge in [-0.15, -0.1) is 0 Å². The summed E-state index contributed by atoms with van der Waals surface area (Å²) in [5, 5.41) is 8.84. The molecule has 0 aliphatic rings. The Morgan fingerprint density at radius 3 is 2.19 bits per heavy atom. The van der Waals surface area contributed by atoms with Crippen molar-refractivity contribution in [2.45, 2.75) is 6.92 Å². The molecule has 0 aliphatic heterocycles. The number of carboxylic acid groups (broad SMARTS) is 1. The lowest BCUT2D eigenvalue weighted by molar-refractivity contribution is 0.0696. The molecule has 2 rings (SSSR count). The summed E-state index contributed by atoms with van der Waals surface area (Å²) >= 11 is 0. The van der Waals surface area contributed by atoms with Crippen LogP contribution in [0, 0.1) is 12.7 Å². The van der Waals surface area contributed by atoms with Crippen LogP contribution in [0.1, 0.15) is 26.3 Å². The lowest BCUT2D eigenvalue weighted by Gasteiger charge is -2.18. The van der Waals surface area contributed by atoms with Crippen molar-refractivity contribution in [3.8, 4) is 0 Å². The maximum atomic E-state index is 13.4. The van der Waals surface area contributed by atoms with Gasteiger partial charge in [0.1, 0.15) is 5.82 Å². The van der Waals surface area contributed by atoms with Crippen molar-refractivity contribution in [1.29, 1.82) is 0 Å². The monoisotopic (exact) mass is 287 g/mol. The van der Waals surface area contributed by atoms with Crippen LogP contribution in [0.5, 0.6) is 0 Å². The molecule has 2 aromatic carbocycles. The summed E-state index contributed by atoms with van der Waals surface area (Å²) in [6.07, 6.45) is 0. The van der Waals surface area contributed by atoms with Crippen LogP contribution in [-0.4, -0.2) is 24.0 Å². The predicted octanol–water partition coefficient (Wildman–Crippen LogP) is 3.11. The van der Waals surface area contributed by atoms with E-state index in [1.54, 1.807) is 20.0 Å². The minimum absolute atomic E-state index is 0.140. The molecular weight excluding hydrogens is 273 g/mol. The lowest BCUT2D eigenvalue weighted by Crippen LogP contribution is -2.26. The Balaban J connectivity index is 2.28. The maximum absolute atomic E-state index is 13.4. The van der Waals surface area contributed by atoms with Crippen LogP contribution in [0.25, 0.3) is 0 Å². The van der Waals surface area contributed by atoms with Gasteiger partial charge in [-0.3, -0.25) is 4.79 Å². The average Bonchev–Trinajstić information content (AvgIpc) is 2.44. The van der Waals surface area contributed by atoms with Gasteiger partial charge in [-0.2, -0.15) is 0 Å². The molecule has 1 amide bonds. The second-order valence-corrected chi connectivity index (χ2v) is 4.73. The predicted molar refractivity (Wildman–Crippen MR) is 77.3 cm³/mol. The molecule has 108 valence electrons. The fourth-order valence-corrected chi connectivity index (χ4v) is 2.00. The fraction of sp³-hybridized carbons (Fsp3) is 0.125. The van der Waals surface area contributed by atoms with E-state index in [2.05, 4.69) is 0 Å². The first-order chi connectivity index (χ1) is 9.88. The van der Waals surface area contributed by atoms with Gasteiger partial charge in [0, 0.05) is 18.3 Å². The van der Waals surface area contributed by atoms with Gasteiger partial charge in [-0.05, 0) is 55.0 Å². The van der Waals surface area contributed by atoms with Crippen LogP contribution in [0.15, 0.2) is 42.5 Å². The second kappa shape index (κ2) is 5.75. The quantitative estimate of drug-likeness (QED) is 0.943. The summed E-state index contributed by atoms with van der Waals surface area (Å²) in [5.41, 5.74) is 1.58. The SMILES string of the molecule is Cc1cc(F)cc(C(=O)N(C)c2ccc(C(=O)O)cc2)c1. The first kappa shape index (κ1) is 14.7. The minimum Gasteiger partial charge on any atom is -0.478 e. The highest BCUT2D eigenvalue weighted by Crippen LogP contribution is 2.18. The average molecular weight is 287 g/mol. The van der Waals surface area contributed by atoms with Crippen molar-refractivity contribution >= 4 is 17.6 Å². The number of amides is 1. The van der Waals surface area contributed by atoms with E-state index in [1.165, 1.54) is 41.3 Å². The van der Waals surface area contributed by atoms with Gasteiger partial charge in [0.25, 0.3) is 5.91 Å². The second-order valence-electron chi connectivity index (χ2n) is 4.73. The number of carbonyl (C=O) groups excluding carboxylic acids is 1. The largest absolute Gasteiger partial charge is 0.478 e. The Bertz CT molecular complexity index is 675. The maximum Gasteiger partial charge on any atom is 0.335 e. The molecule has 0 fully saturated rings. The first-order valence-corrected chi connectivity index (χ1v) is 6.27. The number of carbonyl (C=O) groups is 2. The van der Waals surface area contributed by atoms with Crippen molar-refractivity contribution in [2.24, 2.45) is 0 Å². The van der Waals surface area contributed by atoms with E-state index < -0.39 is 11.8 Å². The molecule has 0 saturated carbocycles. The smallest absolute Gasteiger partial charge is 0.335 e. The third kappa shape index (κ3) is 3.25. The van der Waals surface area contributed by atoms with E-state index in [0.717, 1.165) is 0 Å². The molecule has 21 heavy (non-hydrogen) atoms. The normalized spacial score (nSPS) is 10.2. The highest BCUT2D eigenvalue weighted by molar-refractivity contribution is 6.06. The number of nitrogens with zero attached hydrogens (tertiary/aromatic N) is 1. The van der Waals surface area contributed by atoms with Crippen LogP contribution in [0.2, 0.25) is 0 Å². The van der Waals surface area contributed by atoms with Crippen molar-refractivity contribution < 1.29 is 19.1 Å². The highest BCUT2D eigenvalue weighted by atomic mass is 19.1. The summed E-state index contributed by atoms with van der Waals surface area (Å²) in [6, 6.07) is 10.0. The van der Waals surface area contributed by atoms with E-state index in [-0.39, 0.29) is 17.0 Å². The molecule has 5 heteroatoms. The number of hydrogen-bond donors (Lipinski definition) is 1. The summed E-state index contributed by atoms with van der Waals surface area (Å²) in [6.45, 7) is 1.71. The Morgan fingerprint density at radius 1 is 1.05 bits per heavy atom. The van der Waals surface area contributed by atoms with Gasteiger partial charge >= 0.3 is 5.97 Å². The third-order valence-corrected chi connectivity index (χ3v) is 3.10. The number of aryl methyl sites for hydroxylation is 1. The van der Waals surface area contributed by atoms with E-state index in [9.17, 15) is 14.0 Å². The van der Waals surface area contributed by atoms with Gasteiger partial charge in [0.2, 0.25) is 0 Å². The zero-order chi connectivity index (χ0) is 15.6. The molecular formula is C16H14FNO3. The number of benzene rings is 2. The fourth-order valence-electron chi connectivity index (χ4n) is 2.00. The number of rotatable bonds is 3. The van der Waals surface area contributed by atoms with Crippen molar-refractivity contribution in [3.05, 3.63) is 65.0 Å². The molecule has 0 aromatic heterocycles. The third-order valence-electron chi connectivity index (χ3n) is 3.10. The van der Waals surface area contributed by atoms with E-state index in [0.29, 0.717) is 11.3 Å². The van der Waals surface area contributed by atoms with E-state index >= 15 is 0 Å². The zero-order valence-electron chi connectivity index (χ0n) is 11.6. The van der Waals surface area contributed by atoms with E-state index in [1.807, 2.05) is 0 Å². The topological polar surface area (TPSA) is 57.6 Å².